The highest BCUT2D eigenvalue weighted by Crippen LogP contribution is 2.30. The van der Waals surface area contributed by atoms with Gasteiger partial charge in [-0.2, -0.15) is 0 Å². The number of sulfonamides is 1. The van der Waals surface area contributed by atoms with E-state index in [-0.39, 0.29) is 11.4 Å². The molecule has 4 rings (SSSR count). The first-order chi connectivity index (χ1) is 12.9. The second kappa shape index (κ2) is 6.40. The molecule has 0 saturated carbocycles. The minimum atomic E-state index is -3.74. The number of fused-ring (bicyclic) bond motifs is 3. The standard InChI is InChI=1S/C19H14N2O5S/c22-21(23)15-5-3-4-13(10-15)12-27(24,25)20-14-8-9-17-16-6-1-2-7-18(16)26-19(17)11-14/h1-11,20H,12H2. The minimum Gasteiger partial charge on any atom is -0.456 e. The predicted octanol–water partition coefficient (Wildman–Crippen LogP) is 4.44. The molecule has 0 spiro atoms. The number of hydrogen-bond acceptors (Lipinski definition) is 5. The normalized spacial score (nSPS) is 11.7. The van der Waals surface area contributed by atoms with Crippen LogP contribution in [-0.4, -0.2) is 13.3 Å². The van der Waals surface area contributed by atoms with Crippen molar-refractivity contribution in [3.63, 3.8) is 0 Å². The van der Waals surface area contributed by atoms with E-state index in [1.54, 1.807) is 18.2 Å². The van der Waals surface area contributed by atoms with Gasteiger partial charge in [-0.3, -0.25) is 14.8 Å². The molecule has 27 heavy (non-hydrogen) atoms. The number of para-hydroxylation sites is 1. The summed E-state index contributed by atoms with van der Waals surface area (Å²) in [5.41, 5.74) is 1.86. The lowest BCUT2D eigenvalue weighted by Gasteiger charge is -2.08. The molecular weight excluding hydrogens is 368 g/mol. The van der Waals surface area contributed by atoms with E-state index in [4.69, 9.17) is 4.42 Å². The topological polar surface area (TPSA) is 102 Å². The van der Waals surface area contributed by atoms with E-state index in [0.717, 1.165) is 16.4 Å². The maximum Gasteiger partial charge on any atom is 0.269 e. The smallest absolute Gasteiger partial charge is 0.269 e. The van der Waals surface area contributed by atoms with Gasteiger partial charge in [0.1, 0.15) is 11.2 Å². The Morgan fingerprint density at radius 2 is 1.70 bits per heavy atom. The van der Waals surface area contributed by atoms with Gasteiger partial charge in [-0.1, -0.05) is 30.3 Å². The summed E-state index contributed by atoms with van der Waals surface area (Å²) in [7, 11) is -3.74. The van der Waals surface area contributed by atoms with Crippen molar-refractivity contribution in [3.05, 3.63) is 82.4 Å². The second-order valence-corrected chi connectivity index (χ2v) is 7.82. The number of hydrogen-bond donors (Lipinski definition) is 1. The van der Waals surface area contributed by atoms with Crippen LogP contribution in [0.2, 0.25) is 0 Å². The summed E-state index contributed by atoms with van der Waals surface area (Å²) >= 11 is 0. The molecule has 7 nitrogen and oxygen atoms in total. The second-order valence-electron chi connectivity index (χ2n) is 6.10. The van der Waals surface area contributed by atoms with Crippen molar-refractivity contribution >= 4 is 43.3 Å². The molecule has 0 saturated heterocycles. The first-order valence-electron chi connectivity index (χ1n) is 8.06. The summed E-state index contributed by atoms with van der Waals surface area (Å²) in [6.45, 7) is 0. The fourth-order valence-electron chi connectivity index (χ4n) is 2.98. The fraction of sp³-hybridized carbons (Fsp3) is 0.0526. The first kappa shape index (κ1) is 17.0. The number of benzene rings is 3. The Labute approximate surface area is 154 Å². The highest BCUT2D eigenvalue weighted by atomic mass is 32.2. The monoisotopic (exact) mass is 382 g/mol. The zero-order chi connectivity index (χ0) is 19.0. The highest BCUT2D eigenvalue weighted by Gasteiger charge is 2.15. The molecule has 4 aromatic rings. The largest absolute Gasteiger partial charge is 0.456 e. The van der Waals surface area contributed by atoms with E-state index in [0.29, 0.717) is 16.8 Å². The summed E-state index contributed by atoms with van der Waals surface area (Å²) in [5, 5.41) is 12.7. The molecule has 0 aliphatic carbocycles. The quantitative estimate of drug-likeness (QED) is 0.406. The van der Waals surface area contributed by atoms with Crippen molar-refractivity contribution in [3.8, 4) is 0 Å². The molecular formula is C19H14N2O5S. The summed E-state index contributed by atoms with van der Waals surface area (Å²) in [4.78, 5) is 10.3. The van der Waals surface area contributed by atoms with Gasteiger partial charge in [0.15, 0.2) is 0 Å². The van der Waals surface area contributed by atoms with Gasteiger partial charge in [0.25, 0.3) is 5.69 Å². The third kappa shape index (κ3) is 3.47. The molecule has 0 amide bonds. The lowest BCUT2D eigenvalue weighted by Crippen LogP contribution is -2.15. The predicted molar refractivity (Wildman–Crippen MR) is 103 cm³/mol. The third-order valence-corrected chi connectivity index (χ3v) is 5.39. The Hall–Kier alpha value is -3.39. The van der Waals surface area contributed by atoms with Gasteiger partial charge in [-0.25, -0.2) is 8.42 Å². The Kier molecular flexibility index (Phi) is 4.04. The van der Waals surface area contributed by atoms with Crippen LogP contribution in [0.25, 0.3) is 21.9 Å². The van der Waals surface area contributed by atoms with Crippen LogP contribution in [-0.2, 0) is 15.8 Å². The number of nitrogens with zero attached hydrogens (tertiary/aromatic N) is 1. The average molecular weight is 382 g/mol. The Morgan fingerprint density at radius 1 is 0.926 bits per heavy atom. The van der Waals surface area contributed by atoms with Crippen molar-refractivity contribution in [2.45, 2.75) is 5.75 Å². The summed E-state index contributed by atoms with van der Waals surface area (Å²) < 4.78 is 33.1. The highest BCUT2D eigenvalue weighted by molar-refractivity contribution is 7.91. The van der Waals surface area contributed by atoms with E-state index < -0.39 is 14.9 Å². The summed E-state index contributed by atoms with van der Waals surface area (Å²) in [6, 6.07) is 18.2. The van der Waals surface area contributed by atoms with Crippen molar-refractivity contribution in [1.82, 2.24) is 0 Å². The molecule has 1 N–H and O–H groups in total. The number of nitro groups is 1. The van der Waals surface area contributed by atoms with Crippen LogP contribution in [0.3, 0.4) is 0 Å². The zero-order valence-corrected chi connectivity index (χ0v) is 14.8. The van der Waals surface area contributed by atoms with Crippen molar-refractivity contribution in [2.24, 2.45) is 0 Å². The van der Waals surface area contributed by atoms with Crippen LogP contribution in [0.15, 0.2) is 71.1 Å². The molecule has 0 bridgehead atoms. The minimum absolute atomic E-state index is 0.147. The molecule has 0 radical (unpaired) electrons. The van der Waals surface area contributed by atoms with Gasteiger partial charge < -0.3 is 4.42 Å². The Morgan fingerprint density at radius 3 is 2.52 bits per heavy atom. The molecule has 1 aromatic heterocycles. The number of rotatable bonds is 5. The van der Waals surface area contributed by atoms with Gasteiger partial charge in [0, 0.05) is 29.0 Å². The van der Waals surface area contributed by atoms with Crippen LogP contribution < -0.4 is 4.72 Å². The van der Waals surface area contributed by atoms with E-state index >= 15 is 0 Å². The van der Waals surface area contributed by atoms with Crippen molar-refractivity contribution < 1.29 is 17.8 Å². The van der Waals surface area contributed by atoms with E-state index in [2.05, 4.69) is 4.72 Å². The number of nitro benzene ring substituents is 1. The van der Waals surface area contributed by atoms with Crippen LogP contribution >= 0.6 is 0 Å². The van der Waals surface area contributed by atoms with E-state index in [9.17, 15) is 18.5 Å². The lowest BCUT2D eigenvalue weighted by molar-refractivity contribution is -0.384. The number of furan rings is 1. The van der Waals surface area contributed by atoms with Gasteiger partial charge in [-0.05, 0) is 23.8 Å². The average Bonchev–Trinajstić information content (AvgIpc) is 2.98. The molecule has 0 atom stereocenters. The molecule has 136 valence electrons. The Bertz CT molecular complexity index is 1280. The SMILES string of the molecule is O=[N+]([O-])c1cccc(CS(=O)(=O)Nc2ccc3c(c2)oc2ccccc23)c1. The van der Waals surface area contributed by atoms with Gasteiger partial charge in [0.05, 0.1) is 16.4 Å². The molecule has 3 aromatic carbocycles. The van der Waals surface area contributed by atoms with Crippen LogP contribution in [0.4, 0.5) is 11.4 Å². The summed E-state index contributed by atoms with van der Waals surface area (Å²) in [5.74, 6) is -0.368. The fourth-order valence-corrected chi connectivity index (χ4v) is 4.16. The summed E-state index contributed by atoms with van der Waals surface area (Å²) in [6.07, 6.45) is 0. The van der Waals surface area contributed by atoms with Crippen molar-refractivity contribution in [2.75, 3.05) is 4.72 Å². The third-order valence-electron chi connectivity index (χ3n) is 4.13. The lowest BCUT2D eigenvalue weighted by atomic mass is 10.1. The zero-order valence-electron chi connectivity index (χ0n) is 14.0. The number of nitrogens with one attached hydrogen (secondary N) is 1. The van der Waals surface area contributed by atoms with E-state index in [1.165, 1.54) is 24.3 Å². The van der Waals surface area contributed by atoms with Crippen LogP contribution in [0, 0.1) is 10.1 Å². The van der Waals surface area contributed by atoms with Crippen LogP contribution in [0.1, 0.15) is 5.56 Å². The molecule has 0 aliphatic rings. The maximum absolute atomic E-state index is 12.4. The first-order valence-corrected chi connectivity index (χ1v) is 9.72. The van der Waals surface area contributed by atoms with Crippen molar-refractivity contribution in [1.29, 1.82) is 0 Å². The molecule has 0 aliphatic heterocycles. The molecule has 0 unspecified atom stereocenters. The van der Waals surface area contributed by atoms with Crippen LogP contribution in [0.5, 0.6) is 0 Å². The molecule has 8 heteroatoms. The van der Waals surface area contributed by atoms with Gasteiger partial charge >= 0.3 is 0 Å². The number of anilines is 1. The maximum atomic E-state index is 12.4. The molecule has 0 fully saturated rings. The Balaban J connectivity index is 1.61. The van der Waals surface area contributed by atoms with E-state index in [1.807, 2.05) is 24.3 Å². The van der Waals surface area contributed by atoms with Gasteiger partial charge in [0.2, 0.25) is 10.0 Å². The molecule has 1 heterocycles. The van der Waals surface area contributed by atoms with Gasteiger partial charge in [-0.15, -0.1) is 0 Å². The number of non-ortho nitro benzene ring substituents is 1.